The Morgan fingerprint density at radius 1 is 1.71 bits per heavy atom. The molecule has 0 spiro atoms. The molecule has 0 bridgehead atoms. The van der Waals surface area contributed by atoms with Gasteiger partial charge in [-0.15, -0.1) is 0 Å². The summed E-state index contributed by atoms with van der Waals surface area (Å²) in [7, 11) is 0. The van der Waals surface area contributed by atoms with Crippen LogP contribution in [0.2, 0.25) is 0 Å². The van der Waals surface area contributed by atoms with E-state index in [0.717, 1.165) is 13.0 Å². The lowest BCUT2D eigenvalue weighted by molar-refractivity contribution is 0.156. The Balaban J connectivity index is 2.33. The van der Waals surface area contributed by atoms with Crippen LogP contribution in [0.4, 0.5) is 0 Å². The van der Waals surface area contributed by atoms with Crippen LogP contribution in [-0.4, -0.2) is 12.2 Å². The molecule has 1 heterocycles. The molecular formula is C5H9ClO. The molecule has 2 atom stereocenters. The lowest BCUT2D eigenvalue weighted by Crippen LogP contribution is -2.02. The lowest BCUT2D eigenvalue weighted by atomic mass is 10.2. The molecule has 0 aromatic rings. The van der Waals surface area contributed by atoms with Crippen LogP contribution in [0.5, 0.6) is 0 Å². The molecule has 1 nitrogen and oxygen atoms in total. The van der Waals surface area contributed by atoms with Crippen molar-refractivity contribution in [2.24, 2.45) is 5.92 Å². The van der Waals surface area contributed by atoms with E-state index < -0.39 is 0 Å². The summed E-state index contributed by atoms with van der Waals surface area (Å²) in [6.45, 7) is 2.94. The largest absolute Gasteiger partial charge is 0.362 e. The smallest absolute Gasteiger partial charge is 0.133 e. The third kappa shape index (κ3) is 1.07. The van der Waals surface area contributed by atoms with E-state index in [-0.39, 0.29) is 5.56 Å². The van der Waals surface area contributed by atoms with Crippen LogP contribution >= 0.6 is 11.6 Å². The van der Waals surface area contributed by atoms with E-state index in [4.69, 9.17) is 16.3 Å². The Labute approximate surface area is 48.6 Å². The highest BCUT2D eigenvalue weighted by Crippen LogP contribution is 2.22. The molecule has 1 aliphatic rings. The first-order valence-corrected chi connectivity index (χ1v) is 3.00. The standard InChI is InChI=1S/C5H9ClO/c1-4-2-3-7-5(4)6/h4-5H,2-3H2,1H3. The molecule has 42 valence electrons. The van der Waals surface area contributed by atoms with Crippen molar-refractivity contribution in [1.82, 2.24) is 0 Å². The van der Waals surface area contributed by atoms with Gasteiger partial charge in [0.1, 0.15) is 5.56 Å². The van der Waals surface area contributed by atoms with Gasteiger partial charge in [-0.05, 0) is 12.3 Å². The Morgan fingerprint density at radius 2 is 2.43 bits per heavy atom. The predicted octanol–water partition coefficient (Wildman–Crippen LogP) is 1.61. The maximum atomic E-state index is 5.64. The van der Waals surface area contributed by atoms with Crippen molar-refractivity contribution >= 4 is 11.6 Å². The zero-order valence-corrected chi connectivity index (χ0v) is 5.11. The highest BCUT2D eigenvalue weighted by molar-refractivity contribution is 6.19. The third-order valence-electron chi connectivity index (χ3n) is 1.30. The first-order valence-electron chi connectivity index (χ1n) is 2.56. The van der Waals surface area contributed by atoms with Crippen molar-refractivity contribution in [3.05, 3.63) is 0 Å². The maximum absolute atomic E-state index is 5.64. The van der Waals surface area contributed by atoms with E-state index in [1.54, 1.807) is 0 Å². The van der Waals surface area contributed by atoms with Crippen molar-refractivity contribution in [3.8, 4) is 0 Å². The van der Waals surface area contributed by atoms with Crippen LogP contribution in [0.25, 0.3) is 0 Å². The first-order chi connectivity index (χ1) is 3.30. The van der Waals surface area contributed by atoms with Gasteiger partial charge < -0.3 is 4.74 Å². The van der Waals surface area contributed by atoms with Gasteiger partial charge in [0.2, 0.25) is 0 Å². The van der Waals surface area contributed by atoms with E-state index in [2.05, 4.69) is 6.92 Å². The van der Waals surface area contributed by atoms with Crippen LogP contribution < -0.4 is 0 Å². The molecule has 0 N–H and O–H groups in total. The normalized spacial score (nSPS) is 42.0. The molecule has 0 aromatic carbocycles. The predicted molar refractivity (Wildman–Crippen MR) is 29.4 cm³/mol. The van der Waals surface area contributed by atoms with Crippen LogP contribution in [-0.2, 0) is 4.74 Å². The summed E-state index contributed by atoms with van der Waals surface area (Å²) >= 11 is 5.64. The van der Waals surface area contributed by atoms with Crippen LogP contribution in [0.3, 0.4) is 0 Å². The average Bonchev–Trinajstić information content (AvgIpc) is 1.91. The summed E-state index contributed by atoms with van der Waals surface area (Å²) in [4.78, 5) is 0. The molecular weight excluding hydrogens is 112 g/mol. The number of rotatable bonds is 0. The molecule has 0 saturated carbocycles. The van der Waals surface area contributed by atoms with E-state index >= 15 is 0 Å². The molecule has 2 unspecified atom stereocenters. The highest BCUT2D eigenvalue weighted by atomic mass is 35.5. The average molecular weight is 121 g/mol. The van der Waals surface area contributed by atoms with Gasteiger partial charge in [0.25, 0.3) is 0 Å². The monoisotopic (exact) mass is 120 g/mol. The number of hydrogen-bond acceptors (Lipinski definition) is 1. The van der Waals surface area contributed by atoms with Gasteiger partial charge in [0.05, 0.1) is 0 Å². The van der Waals surface area contributed by atoms with E-state index in [0.29, 0.717) is 5.92 Å². The maximum Gasteiger partial charge on any atom is 0.133 e. The fourth-order valence-corrected chi connectivity index (χ4v) is 0.877. The molecule has 0 aromatic heterocycles. The molecule has 0 radical (unpaired) electrons. The van der Waals surface area contributed by atoms with E-state index in [1.165, 1.54) is 0 Å². The Bertz CT molecular complexity index is 57.1. The van der Waals surface area contributed by atoms with Crippen LogP contribution in [0, 0.1) is 5.92 Å². The Morgan fingerprint density at radius 3 is 2.57 bits per heavy atom. The zero-order valence-electron chi connectivity index (χ0n) is 4.36. The molecule has 1 rings (SSSR count). The zero-order chi connectivity index (χ0) is 5.28. The second-order valence-corrected chi connectivity index (χ2v) is 2.42. The summed E-state index contributed by atoms with van der Waals surface area (Å²) in [5, 5.41) is 0. The minimum atomic E-state index is -0.0139. The van der Waals surface area contributed by atoms with Gasteiger partial charge in [-0.2, -0.15) is 0 Å². The summed E-state index contributed by atoms with van der Waals surface area (Å²) in [6.07, 6.45) is 1.12. The van der Waals surface area contributed by atoms with E-state index in [1.807, 2.05) is 0 Å². The molecule has 1 fully saturated rings. The summed E-state index contributed by atoms with van der Waals surface area (Å²) in [6, 6.07) is 0. The Hall–Kier alpha value is 0.250. The van der Waals surface area contributed by atoms with Crippen molar-refractivity contribution < 1.29 is 4.74 Å². The van der Waals surface area contributed by atoms with E-state index in [9.17, 15) is 0 Å². The van der Waals surface area contributed by atoms with Crippen molar-refractivity contribution in [2.45, 2.75) is 18.9 Å². The third-order valence-corrected chi connectivity index (χ3v) is 1.85. The second kappa shape index (κ2) is 2.01. The van der Waals surface area contributed by atoms with Crippen LogP contribution in [0.15, 0.2) is 0 Å². The van der Waals surface area contributed by atoms with Crippen LogP contribution in [0.1, 0.15) is 13.3 Å². The summed E-state index contributed by atoms with van der Waals surface area (Å²) in [5.74, 6) is 0.557. The fraction of sp³-hybridized carbons (Fsp3) is 1.00. The molecule has 1 saturated heterocycles. The second-order valence-electron chi connectivity index (χ2n) is 1.99. The summed E-state index contributed by atoms with van der Waals surface area (Å²) < 4.78 is 5.03. The fourth-order valence-electron chi connectivity index (χ4n) is 0.662. The van der Waals surface area contributed by atoms with Gasteiger partial charge >= 0.3 is 0 Å². The van der Waals surface area contributed by atoms with Gasteiger partial charge in [-0.1, -0.05) is 18.5 Å². The quantitative estimate of drug-likeness (QED) is 0.442. The molecule has 0 aliphatic carbocycles. The first kappa shape index (κ1) is 5.39. The van der Waals surface area contributed by atoms with Crippen molar-refractivity contribution in [3.63, 3.8) is 0 Å². The molecule has 2 heteroatoms. The minimum Gasteiger partial charge on any atom is -0.362 e. The van der Waals surface area contributed by atoms with Gasteiger partial charge in [-0.3, -0.25) is 0 Å². The highest BCUT2D eigenvalue weighted by Gasteiger charge is 2.20. The SMILES string of the molecule is CC1CCOC1Cl. The lowest BCUT2D eigenvalue weighted by Gasteiger charge is -2.01. The molecule has 0 amide bonds. The number of ether oxygens (including phenoxy) is 1. The topological polar surface area (TPSA) is 9.23 Å². The van der Waals surface area contributed by atoms with Crippen molar-refractivity contribution in [2.75, 3.05) is 6.61 Å². The van der Waals surface area contributed by atoms with Gasteiger partial charge in [0.15, 0.2) is 0 Å². The number of hydrogen-bond donors (Lipinski definition) is 0. The Kier molecular flexibility index (Phi) is 1.55. The number of halogens is 1. The molecule has 7 heavy (non-hydrogen) atoms. The minimum absolute atomic E-state index is 0.0139. The molecule has 1 aliphatic heterocycles. The van der Waals surface area contributed by atoms with Gasteiger partial charge in [-0.25, -0.2) is 0 Å². The number of alkyl halides is 1. The van der Waals surface area contributed by atoms with Crippen molar-refractivity contribution in [1.29, 1.82) is 0 Å². The van der Waals surface area contributed by atoms with Gasteiger partial charge in [0, 0.05) is 6.61 Å². The summed E-state index contributed by atoms with van der Waals surface area (Å²) in [5.41, 5.74) is -0.0139.